The molecule has 0 aliphatic rings. The zero-order valence-corrected chi connectivity index (χ0v) is 12.8. The molecule has 0 bridgehead atoms. The fourth-order valence-electron chi connectivity index (χ4n) is 1.94. The van der Waals surface area contributed by atoms with E-state index in [0.29, 0.717) is 11.8 Å². The monoisotopic (exact) mass is 296 g/mol. The van der Waals surface area contributed by atoms with Gasteiger partial charge in [0.25, 0.3) is 0 Å². The molecule has 0 heterocycles. The van der Waals surface area contributed by atoms with Crippen molar-refractivity contribution in [2.24, 2.45) is 0 Å². The van der Waals surface area contributed by atoms with Crippen LogP contribution < -0.4 is 0 Å². The van der Waals surface area contributed by atoms with Crippen LogP contribution in [0, 0.1) is 0 Å². The highest BCUT2D eigenvalue weighted by Gasteiger charge is 2.13. The van der Waals surface area contributed by atoms with Gasteiger partial charge in [0, 0.05) is 4.47 Å². The molecule has 0 atom stereocenters. The summed E-state index contributed by atoms with van der Waals surface area (Å²) < 4.78 is 6.21. The Kier molecular flexibility index (Phi) is 5.26. The average molecular weight is 297 g/mol. The molecule has 1 aromatic carbocycles. The maximum atomic E-state index is 5.05. The maximum absolute atomic E-state index is 5.05. The molecule has 1 rings (SSSR count). The van der Waals surface area contributed by atoms with Crippen LogP contribution in [0.2, 0.25) is 0 Å². The number of ether oxygens (including phenoxy) is 1. The van der Waals surface area contributed by atoms with Crippen LogP contribution in [0.15, 0.2) is 22.9 Å². The van der Waals surface area contributed by atoms with Gasteiger partial charge in [0.2, 0.25) is 0 Å². The molecule has 94 valence electrons. The van der Waals surface area contributed by atoms with Gasteiger partial charge in [0.15, 0.2) is 0 Å². The van der Waals surface area contributed by atoms with E-state index >= 15 is 0 Å². The highest BCUT2D eigenvalue weighted by molar-refractivity contribution is 9.10. The van der Waals surface area contributed by atoms with E-state index in [2.05, 4.69) is 61.8 Å². The third kappa shape index (κ3) is 3.60. The molecular weight excluding hydrogens is 276 g/mol. The first-order valence-electron chi connectivity index (χ1n) is 6.00. The second-order valence-corrected chi connectivity index (χ2v) is 5.76. The predicted molar refractivity (Wildman–Crippen MR) is 78.4 cm³/mol. The molecule has 0 spiro atoms. The molecule has 0 fully saturated rings. The Bertz CT molecular complexity index is 376. The Balaban J connectivity index is 3.41. The fourth-order valence-corrected chi connectivity index (χ4v) is 2.44. The minimum absolute atomic E-state index is 0.501. The van der Waals surface area contributed by atoms with Crippen molar-refractivity contribution in [2.45, 2.75) is 39.5 Å². The first-order chi connectivity index (χ1) is 7.97. The molecule has 0 aliphatic heterocycles. The van der Waals surface area contributed by atoms with E-state index in [1.807, 2.05) is 0 Å². The predicted octanol–water partition coefficient (Wildman–Crippen LogP) is 5.31. The standard InChI is InChI=1S/C15H21BrO/c1-10(2)14-8-12(16)9-15(11(3)4)13(14)6-7-17-5/h6-11H,1-5H3/b7-6+. The lowest BCUT2D eigenvalue weighted by Gasteiger charge is -2.18. The van der Waals surface area contributed by atoms with Crippen LogP contribution >= 0.6 is 15.9 Å². The van der Waals surface area contributed by atoms with Crippen molar-refractivity contribution in [3.63, 3.8) is 0 Å². The molecule has 0 amide bonds. The summed E-state index contributed by atoms with van der Waals surface area (Å²) in [6.07, 6.45) is 3.82. The minimum atomic E-state index is 0.501. The van der Waals surface area contributed by atoms with Crippen molar-refractivity contribution in [3.8, 4) is 0 Å². The lowest BCUT2D eigenvalue weighted by molar-refractivity contribution is 0.341. The van der Waals surface area contributed by atoms with E-state index in [4.69, 9.17) is 4.74 Å². The molecule has 1 aromatic rings. The quantitative estimate of drug-likeness (QED) is 0.684. The highest BCUT2D eigenvalue weighted by atomic mass is 79.9. The van der Waals surface area contributed by atoms with Crippen molar-refractivity contribution in [2.75, 3.05) is 7.11 Å². The van der Waals surface area contributed by atoms with Crippen molar-refractivity contribution >= 4 is 22.0 Å². The summed E-state index contributed by atoms with van der Waals surface area (Å²) >= 11 is 3.60. The fraction of sp³-hybridized carbons (Fsp3) is 0.467. The van der Waals surface area contributed by atoms with Gasteiger partial charge in [-0.05, 0) is 46.7 Å². The van der Waals surface area contributed by atoms with Crippen LogP contribution in [0.25, 0.3) is 6.08 Å². The molecule has 0 radical (unpaired) electrons. The molecule has 1 nitrogen and oxygen atoms in total. The number of methoxy groups -OCH3 is 1. The van der Waals surface area contributed by atoms with Crippen molar-refractivity contribution in [3.05, 3.63) is 39.6 Å². The van der Waals surface area contributed by atoms with E-state index < -0.39 is 0 Å². The van der Waals surface area contributed by atoms with E-state index in [-0.39, 0.29) is 0 Å². The Morgan fingerprint density at radius 1 is 1.06 bits per heavy atom. The molecule has 0 saturated heterocycles. The zero-order chi connectivity index (χ0) is 13.0. The van der Waals surface area contributed by atoms with Crippen LogP contribution in [0.3, 0.4) is 0 Å². The first-order valence-corrected chi connectivity index (χ1v) is 6.79. The largest absolute Gasteiger partial charge is 0.504 e. The molecule has 17 heavy (non-hydrogen) atoms. The average Bonchev–Trinajstić information content (AvgIpc) is 2.26. The first kappa shape index (κ1) is 14.3. The Morgan fingerprint density at radius 2 is 1.53 bits per heavy atom. The van der Waals surface area contributed by atoms with Crippen molar-refractivity contribution in [1.29, 1.82) is 0 Å². The van der Waals surface area contributed by atoms with Gasteiger partial charge < -0.3 is 4.74 Å². The Hall–Kier alpha value is -0.760. The van der Waals surface area contributed by atoms with Gasteiger partial charge in [-0.25, -0.2) is 0 Å². The van der Waals surface area contributed by atoms with Crippen LogP contribution in [0.4, 0.5) is 0 Å². The SMILES string of the molecule is CO/C=C/c1c(C(C)C)cc(Br)cc1C(C)C. The van der Waals surface area contributed by atoms with Crippen molar-refractivity contribution < 1.29 is 4.74 Å². The lowest BCUT2D eigenvalue weighted by atomic mass is 9.89. The number of benzene rings is 1. The summed E-state index contributed by atoms with van der Waals surface area (Å²) in [4.78, 5) is 0. The molecule has 0 aromatic heterocycles. The second-order valence-electron chi connectivity index (χ2n) is 4.85. The van der Waals surface area contributed by atoms with E-state index in [1.165, 1.54) is 16.7 Å². The Labute approximate surface area is 113 Å². The minimum Gasteiger partial charge on any atom is -0.504 e. The molecule has 0 aliphatic carbocycles. The van der Waals surface area contributed by atoms with Gasteiger partial charge in [-0.1, -0.05) is 43.6 Å². The third-order valence-electron chi connectivity index (χ3n) is 2.82. The lowest BCUT2D eigenvalue weighted by Crippen LogP contribution is -2.00. The second kappa shape index (κ2) is 6.25. The molecular formula is C15H21BrO. The van der Waals surface area contributed by atoms with Gasteiger partial charge in [-0.3, -0.25) is 0 Å². The normalized spacial score (nSPS) is 11.8. The number of halogens is 1. The molecule has 0 saturated carbocycles. The van der Waals surface area contributed by atoms with Crippen LogP contribution in [-0.2, 0) is 4.74 Å². The summed E-state index contributed by atoms with van der Waals surface area (Å²) in [6, 6.07) is 4.40. The van der Waals surface area contributed by atoms with Gasteiger partial charge >= 0.3 is 0 Å². The summed E-state index contributed by atoms with van der Waals surface area (Å²) in [5.41, 5.74) is 4.01. The zero-order valence-electron chi connectivity index (χ0n) is 11.3. The smallest absolute Gasteiger partial charge is 0.0830 e. The molecule has 0 unspecified atom stereocenters. The van der Waals surface area contributed by atoms with Crippen LogP contribution in [0.5, 0.6) is 0 Å². The van der Waals surface area contributed by atoms with Crippen molar-refractivity contribution in [1.82, 2.24) is 0 Å². The van der Waals surface area contributed by atoms with Gasteiger partial charge in [-0.15, -0.1) is 0 Å². The van der Waals surface area contributed by atoms with Crippen LogP contribution in [-0.4, -0.2) is 7.11 Å². The molecule has 2 heteroatoms. The summed E-state index contributed by atoms with van der Waals surface area (Å²) in [7, 11) is 1.68. The number of hydrogen-bond donors (Lipinski definition) is 0. The third-order valence-corrected chi connectivity index (χ3v) is 3.28. The van der Waals surface area contributed by atoms with E-state index in [1.54, 1.807) is 13.4 Å². The molecule has 0 N–H and O–H groups in total. The number of rotatable bonds is 4. The maximum Gasteiger partial charge on any atom is 0.0830 e. The number of hydrogen-bond acceptors (Lipinski definition) is 1. The van der Waals surface area contributed by atoms with Gasteiger partial charge in [0.05, 0.1) is 13.4 Å². The highest BCUT2D eigenvalue weighted by Crippen LogP contribution is 2.32. The van der Waals surface area contributed by atoms with E-state index in [0.717, 1.165) is 4.47 Å². The van der Waals surface area contributed by atoms with Gasteiger partial charge in [0.1, 0.15) is 0 Å². The summed E-state index contributed by atoms with van der Waals surface area (Å²) in [5, 5.41) is 0. The Morgan fingerprint density at radius 3 is 1.88 bits per heavy atom. The van der Waals surface area contributed by atoms with Gasteiger partial charge in [-0.2, -0.15) is 0 Å². The summed E-state index contributed by atoms with van der Waals surface area (Å²) in [6.45, 7) is 8.87. The van der Waals surface area contributed by atoms with Crippen LogP contribution in [0.1, 0.15) is 56.2 Å². The topological polar surface area (TPSA) is 9.23 Å². The summed E-state index contributed by atoms with van der Waals surface area (Å²) in [5.74, 6) is 1.00. The van der Waals surface area contributed by atoms with E-state index in [9.17, 15) is 0 Å².